The summed E-state index contributed by atoms with van der Waals surface area (Å²) in [7, 11) is 0. The third kappa shape index (κ3) is 9.63. The molecule has 1 aliphatic rings. The lowest BCUT2D eigenvalue weighted by molar-refractivity contribution is 0.231. The van der Waals surface area contributed by atoms with Crippen LogP contribution in [0.3, 0.4) is 0 Å². The number of nitrogens with two attached hydrogens (primary N) is 2. The van der Waals surface area contributed by atoms with Gasteiger partial charge in [-0.15, -0.1) is 0 Å². The number of rotatable bonds is 17. The highest BCUT2D eigenvalue weighted by molar-refractivity contribution is 8.07. The first-order valence-electron chi connectivity index (χ1n) is 12.4. The average Bonchev–Trinajstić information content (AvgIpc) is 3.55. The van der Waals surface area contributed by atoms with Crippen LogP contribution in [0.25, 0.3) is 0 Å². The first kappa shape index (κ1) is 25.3. The minimum absolute atomic E-state index is 0.771. The van der Waals surface area contributed by atoms with Crippen molar-refractivity contribution in [1.82, 2.24) is 9.80 Å². The molecule has 176 valence electrons. The van der Waals surface area contributed by atoms with Crippen LogP contribution < -0.4 is 11.5 Å². The summed E-state index contributed by atoms with van der Waals surface area (Å²) in [5.41, 5.74) is 14.3. The third-order valence-electron chi connectivity index (χ3n) is 6.20. The Balaban J connectivity index is 1.46. The van der Waals surface area contributed by atoms with Crippen molar-refractivity contribution in [3.8, 4) is 0 Å². The first-order chi connectivity index (χ1) is 15.8. The van der Waals surface area contributed by atoms with Gasteiger partial charge in [0, 0.05) is 30.1 Å². The summed E-state index contributed by atoms with van der Waals surface area (Å²) in [4.78, 5) is 5.28. The Labute approximate surface area is 199 Å². The molecule has 1 aliphatic heterocycles. The van der Waals surface area contributed by atoms with Gasteiger partial charge in [0.1, 0.15) is 0 Å². The van der Waals surface area contributed by atoms with E-state index in [4.69, 9.17) is 11.5 Å². The molecule has 0 amide bonds. The Morgan fingerprint density at radius 3 is 1.72 bits per heavy atom. The van der Waals surface area contributed by atoms with E-state index in [-0.39, 0.29) is 0 Å². The molecule has 3 rings (SSSR count). The van der Waals surface area contributed by atoms with E-state index in [1.54, 1.807) is 0 Å². The Morgan fingerprint density at radius 2 is 1.16 bits per heavy atom. The van der Waals surface area contributed by atoms with Gasteiger partial charge in [0.2, 0.25) is 0 Å². The maximum absolute atomic E-state index is 5.77. The molecular formula is C27H42N4S. The van der Waals surface area contributed by atoms with Gasteiger partial charge in [-0.1, -0.05) is 60.7 Å². The van der Waals surface area contributed by atoms with Gasteiger partial charge in [-0.25, -0.2) is 0 Å². The fourth-order valence-corrected chi connectivity index (χ4v) is 5.50. The van der Waals surface area contributed by atoms with Gasteiger partial charge in [-0.3, -0.25) is 9.80 Å². The molecule has 4 N–H and O–H groups in total. The second kappa shape index (κ2) is 14.7. The largest absolute Gasteiger partial charge is 0.330 e. The van der Waals surface area contributed by atoms with Crippen LogP contribution in [-0.4, -0.2) is 59.6 Å². The van der Waals surface area contributed by atoms with Crippen LogP contribution in [0, 0.1) is 0 Å². The van der Waals surface area contributed by atoms with Crippen LogP contribution in [0.15, 0.2) is 60.7 Å². The van der Waals surface area contributed by atoms with Crippen molar-refractivity contribution in [3.05, 3.63) is 71.8 Å². The molecule has 1 fully saturated rings. The summed E-state index contributed by atoms with van der Waals surface area (Å²) in [6.45, 7) is 8.35. The smallest absolute Gasteiger partial charge is 0.0297 e. The van der Waals surface area contributed by atoms with Crippen molar-refractivity contribution in [2.45, 2.75) is 55.7 Å². The van der Waals surface area contributed by atoms with Crippen LogP contribution in [0.4, 0.5) is 0 Å². The van der Waals surface area contributed by atoms with E-state index in [1.165, 1.54) is 43.5 Å². The fourth-order valence-electron chi connectivity index (χ4n) is 4.35. The maximum Gasteiger partial charge on any atom is 0.0297 e. The Hall–Kier alpha value is -1.37. The minimum Gasteiger partial charge on any atom is -0.330 e. The molecule has 0 radical (unpaired) electrons. The number of nitrogens with zero attached hydrogens (tertiary/aromatic N) is 2. The molecule has 0 bridgehead atoms. The molecule has 32 heavy (non-hydrogen) atoms. The molecule has 0 spiro atoms. The predicted molar refractivity (Wildman–Crippen MR) is 140 cm³/mol. The van der Waals surface area contributed by atoms with Crippen LogP contribution in [0.2, 0.25) is 0 Å². The zero-order chi connectivity index (χ0) is 22.4. The molecule has 0 saturated carbocycles. The third-order valence-corrected chi connectivity index (χ3v) is 7.63. The highest BCUT2D eigenvalue weighted by Gasteiger charge is 2.38. The van der Waals surface area contributed by atoms with Crippen molar-refractivity contribution < 1.29 is 0 Å². The normalized spacial score (nSPS) is 17.9. The molecule has 4 nitrogen and oxygen atoms in total. The van der Waals surface area contributed by atoms with Crippen molar-refractivity contribution in [1.29, 1.82) is 0 Å². The van der Waals surface area contributed by atoms with Gasteiger partial charge in [0.05, 0.1) is 0 Å². The van der Waals surface area contributed by atoms with E-state index in [0.29, 0.717) is 0 Å². The van der Waals surface area contributed by atoms with Crippen molar-refractivity contribution in [3.63, 3.8) is 0 Å². The molecule has 0 aromatic heterocycles. The lowest BCUT2D eigenvalue weighted by Gasteiger charge is -2.25. The highest BCUT2D eigenvalue weighted by atomic mass is 32.2. The van der Waals surface area contributed by atoms with E-state index in [0.717, 1.165) is 62.6 Å². The monoisotopic (exact) mass is 454 g/mol. The Kier molecular flexibility index (Phi) is 11.6. The molecule has 2 aromatic rings. The van der Waals surface area contributed by atoms with Crippen LogP contribution in [0.1, 0.15) is 43.2 Å². The summed E-state index contributed by atoms with van der Waals surface area (Å²) in [6, 6.07) is 21.8. The summed E-state index contributed by atoms with van der Waals surface area (Å²) in [5.74, 6) is 0. The van der Waals surface area contributed by atoms with Gasteiger partial charge in [-0.05, 0) is 76.0 Å². The number of hydrogen-bond donors (Lipinski definition) is 2. The van der Waals surface area contributed by atoms with Crippen LogP contribution >= 0.6 is 11.8 Å². The molecule has 1 heterocycles. The first-order valence-corrected chi connectivity index (χ1v) is 13.3. The number of hydrogen-bond acceptors (Lipinski definition) is 5. The molecule has 2 aromatic carbocycles. The quantitative estimate of drug-likeness (QED) is 0.275. The van der Waals surface area contributed by atoms with Crippen LogP contribution in [-0.2, 0) is 13.1 Å². The molecule has 2 atom stereocenters. The van der Waals surface area contributed by atoms with E-state index >= 15 is 0 Å². The standard InChI is InChI=1S/C27H42N4S/c28-16-7-8-18-30(21-24-11-3-1-4-12-24)19-9-10-20-31(22-25-13-5-2-6-14-25)23-27-26(32-27)15-17-29/h1-6,11-14,26-27H,7-10,15-23,28-29H2. The summed E-state index contributed by atoms with van der Waals surface area (Å²) in [6.07, 6.45) is 5.94. The fraction of sp³-hybridized carbons (Fsp3) is 0.556. The lowest BCUT2D eigenvalue weighted by atomic mass is 10.1. The van der Waals surface area contributed by atoms with Gasteiger partial charge < -0.3 is 11.5 Å². The molecule has 2 unspecified atom stereocenters. The Morgan fingerprint density at radius 1 is 0.625 bits per heavy atom. The molecular weight excluding hydrogens is 412 g/mol. The summed E-state index contributed by atoms with van der Waals surface area (Å²) < 4.78 is 0. The predicted octanol–water partition coefficient (Wildman–Crippen LogP) is 4.34. The average molecular weight is 455 g/mol. The zero-order valence-electron chi connectivity index (χ0n) is 19.6. The van der Waals surface area contributed by atoms with Crippen molar-refractivity contribution >= 4 is 11.8 Å². The molecule has 0 aliphatic carbocycles. The summed E-state index contributed by atoms with van der Waals surface area (Å²) >= 11 is 2.12. The Bertz CT molecular complexity index is 727. The second-order valence-corrected chi connectivity index (χ2v) is 10.5. The van der Waals surface area contributed by atoms with Crippen molar-refractivity contribution in [2.24, 2.45) is 11.5 Å². The maximum atomic E-state index is 5.77. The van der Waals surface area contributed by atoms with E-state index in [9.17, 15) is 0 Å². The molecule has 1 saturated heterocycles. The van der Waals surface area contributed by atoms with Gasteiger partial charge >= 0.3 is 0 Å². The molecule has 5 heteroatoms. The van der Waals surface area contributed by atoms with Gasteiger partial charge in [-0.2, -0.15) is 11.8 Å². The van der Waals surface area contributed by atoms with Crippen molar-refractivity contribution in [2.75, 3.05) is 39.3 Å². The zero-order valence-corrected chi connectivity index (χ0v) is 20.4. The van der Waals surface area contributed by atoms with E-state index in [2.05, 4.69) is 82.2 Å². The number of unbranched alkanes of at least 4 members (excludes halogenated alkanes) is 2. The van der Waals surface area contributed by atoms with Crippen LogP contribution in [0.5, 0.6) is 0 Å². The second-order valence-electron chi connectivity index (χ2n) is 8.98. The number of benzene rings is 2. The van der Waals surface area contributed by atoms with Gasteiger partial charge in [0.15, 0.2) is 0 Å². The SMILES string of the molecule is NCCCCN(CCCCN(Cc1ccccc1)CC1SC1CCN)Cc1ccccc1. The summed E-state index contributed by atoms with van der Waals surface area (Å²) in [5, 5.41) is 1.55. The number of thioether (sulfide) groups is 1. The topological polar surface area (TPSA) is 58.5 Å². The highest BCUT2D eigenvalue weighted by Crippen LogP contribution is 2.43. The van der Waals surface area contributed by atoms with E-state index in [1.807, 2.05) is 0 Å². The van der Waals surface area contributed by atoms with E-state index < -0.39 is 0 Å². The van der Waals surface area contributed by atoms with Gasteiger partial charge in [0.25, 0.3) is 0 Å². The lowest BCUT2D eigenvalue weighted by Crippen LogP contribution is -2.30. The minimum atomic E-state index is 0.771.